The zero-order valence-corrected chi connectivity index (χ0v) is 39.5. The highest BCUT2D eigenvalue weighted by molar-refractivity contribution is 5.77. The Balaban J connectivity index is 4.67. The first-order valence-corrected chi connectivity index (χ1v) is 25.1. The van der Waals surface area contributed by atoms with Crippen molar-refractivity contribution in [2.24, 2.45) is 0 Å². The van der Waals surface area contributed by atoms with Crippen molar-refractivity contribution in [1.82, 2.24) is 5.32 Å². The average Bonchev–Trinajstić information content (AvgIpc) is 3.25. The van der Waals surface area contributed by atoms with E-state index in [9.17, 15) is 19.8 Å². The molecule has 1 amide bonds. The summed E-state index contributed by atoms with van der Waals surface area (Å²) in [5, 5.41) is 23.8. The molecule has 348 valence electrons. The van der Waals surface area contributed by atoms with Crippen molar-refractivity contribution in [3.8, 4) is 0 Å². The average molecular weight is 848 g/mol. The lowest BCUT2D eigenvalue weighted by atomic mass is 10.0. The fourth-order valence-electron chi connectivity index (χ4n) is 7.10. The molecule has 0 aliphatic heterocycles. The number of hydrogen-bond acceptors (Lipinski definition) is 5. The number of aliphatic hydroxyl groups is 2. The van der Waals surface area contributed by atoms with Gasteiger partial charge in [-0.05, 0) is 64.2 Å². The molecule has 0 radical (unpaired) electrons. The number of amides is 1. The van der Waals surface area contributed by atoms with Gasteiger partial charge in [0.25, 0.3) is 0 Å². The first kappa shape index (κ1) is 57.8. The number of carbonyl (C=O) groups is 2. The van der Waals surface area contributed by atoms with E-state index < -0.39 is 18.2 Å². The van der Waals surface area contributed by atoms with Gasteiger partial charge in [-0.1, -0.05) is 234 Å². The largest absolute Gasteiger partial charge is 0.462 e. The summed E-state index contributed by atoms with van der Waals surface area (Å²) in [6.07, 6.45) is 63.2. The monoisotopic (exact) mass is 848 g/mol. The van der Waals surface area contributed by atoms with E-state index in [0.29, 0.717) is 19.3 Å². The molecule has 0 aliphatic rings. The lowest BCUT2D eigenvalue weighted by Crippen LogP contribution is -2.46. The second kappa shape index (κ2) is 47.8. The molecule has 0 aliphatic carbocycles. The minimum atomic E-state index is -0.811. The molecule has 3 unspecified atom stereocenters. The maximum Gasteiger partial charge on any atom is 0.306 e. The molecule has 0 aromatic rings. The van der Waals surface area contributed by atoms with Crippen LogP contribution in [-0.4, -0.2) is 46.9 Å². The molecule has 0 aromatic carbocycles. The molecular formula is C55H93NO5. The molecule has 3 atom stereocenters. The Labute approximate surface area is 376 Å². The van der Waals surface area contributed by atoms with E-state index in [-0.39, 0.29) is 24.9 Å². The summed E-state index contributed by atoms with van der Waals surface area (Å²) in [6, 6.07) is -0.728. The van der Waals surface area contributed by atoms with Gasteiger partial charge >= 0.3 is 5.97 Å². The van der Waals surface area contributed by atoms with Crippen LogP contribution in [0.1, 0.15) is 213 Å². The smallest absolute Gasteiger partial charge is 0.306 e. The summed E-state index contributed by atoms with van der Waals surface area (Å²) in [5.41, 5.74) is 0. The Hall–Kier alpha value is -3.22. The number of unbranched alkanes of at least 4 members (excludes halogenated alkanes) is 21. The molecule has 3 N–H and O–H groups in total. The molecule has 0 fully saturated rings. The standard InChI is InChI=1S/C55H93NO5/c1-4-7-10-13-16-19-22-25-26-27-30-32-35-38-41-44-47-53(58)52(50-57)56-54(59)49-51(46-43-40-37-34-31-28-23-20-17-14-11-8-5-2)61-55(60)48-45-42-39-36-33-29-24-21-18-15-12-9-6-3/h8-9,11-12,14-15,17-18,20-21,23-24,28-29,31,33,51-53,57-58H,4-7,10,13,16,19,22,25-27,30,32,34-50H2,1-3H3,(H,56,59)/b11-8+,12-9+,17-14+,18-15+,23-20+,24-21-,31-28-,33-29-. The van der Waals surface area contributed by atoms with Crippen LogP contribution in [0.4, 0.5) is 0 Å². The maximum atomic E-state index is 13.2. The molecule has 6 heteroatoms. The fraction of sp³-hybridized carbons (Fsp3) is 0.673. The second-order valence-corrected chi connectivity index (χ2v) is 16.6. The highest BCUT2D eigenvalue weighted by atomic mass is 16.5. The van der Waals surface area contributed by atoms with Gasteiger partial charge in [-0.15, -0.1) is 0 Å². The van der Waals surface area contributed by atoms with Crippen molar-refractivity contribution in [1.29, 1.82) is 0 Å². The van der Waals surface area contributed by atoms with Crippen molar-refractivity contribution < 1.29 is 24.5 Å². The number of carbonyl (C=O) groups excluding carboxylic acids is 2. The van der Waals surface area contributed by atoms with Crippen LogP contribution in [0, 0.1) is 0 Å². The number of ether oxygens (including phenoxy) is 1. The third-order valence-electron chi connectivity index (χ3n) is 10.8. The third-order valence-corrected chi connectivity index (χ3v) is 10.8. The van der Waals surface area contributed by atoms with Gasteiger partial charge in [-0.25, -0.2) is 0 Å². The molecule has 0 bridgehead atoms. The Bertz CT molecular complexity index is 1220. The van der Waals surface area contributed by atoms with Crippen LogP contribution in [0.25, 0.3) is 0 Å². The van der Waals surface area contributed by atoms with Crippen LogP contribution in [0.5, 0.6) is 0 Å². The predicted octanol–water partition coefficient (Wildman–Crippen LogP) is 14.9. The van der Waals surface area contributed by atoms with E-state index in [1.807, 2.05) is 60.8 Å². The first-order valence-electron chi connectivity index (χ1n) is 25.1. The van der Waals surface area contributed by atoms with Crippen LogP contribution < -0.4 is 5.32 Å². The quantitative estimate of drug-likeness (QED) is 0.0323. The van der Waals surface area contributed by atoms with Crippen molar-refractivity contribution in [2.45, 2.75) is 232 Å². The summed E-state index contributed by atoms with van der Waals surface area (Å²) in [6.45, 7) is 6.18. The summed E-state index contributed by atoms with van der Waals surface area (Å²) in [5.74, 6) is -0.568. The van der Waals surface area contributed by atoms with Gasteiger partial charge in [0.1, 0.15) is 6.10 Å². The molecule has 0 aromatic heterocycles. The molecule has 0 saturated carbocycles. The SMILES string of the molecule is CC/C=C/C=C/C=C\C=C/CCCCCC(=O)OC(CCCCC\C=C/C=C/C=C/C=C/CC)CC(=O)NC(CO)C(O)CCCCCCCCCCCCCCCCCC. The lowest BCUT2D eigenvalue weighted by molar-refractivity contribution is -0.151. The molecule has 0 heterocycles. The van der Waals surface area contributed by atoms with Gasteiger partial charge in [0.05, 0.1) is 25.2 Å². The van der Waals surface area contributed by atoms with Crippen molar-refractivity contribution in [2.75, 3.05) is 6.61 Å². The maximum absolute atomic E-state index is 13.2. The van der Waals surface area contributed by atoms with E-state index in [1.54, 1.807) is 0 Å². The Kier molecular flexibility index (Phi) is 45.3. The third kappa shape index (κ3) is 43.2. The summed E-state index contributed by atoms with van der Waals surface area (Å²) in [4.78, 5) is 26.1. The number of rotatable bonds is 43. The van der Waals surface area contributed by atoms with Gasteiger partial charge in [0, 0.05) is 6.42 Å². The minimum Gasteiger partial charge on any atom is -0.462 e. The van der Waals surface area contributed by atoms with Crippen LogP contribution in [-0.2, 0) is 14.3 Å². The van der Waals surface area contributed by atoms with E-state index in [2.05, 4.69) is 62.5 Å². The number of aliphatic hydroxyl groups excluding tert-OH is 2. The van der Waals surface area contributed by atoms with Crippen molar-refractivity contribution >= 4 is 11.9 Å². The highest BCUT2D eigenvalue weighted by Crippen LogP contribution is 2.17. The van der Waals surface area contributed by atoms with Crippen LogP contribution in [0.15, 0.2) is 97.2 Å². The van der Waals surface area contributed by atoms with Crippen molar-refractivity contribution in [3.05, 3.63) is 97.2 Å². The van der Waals surface area contributed by atoms with E-state index in [0.717, 1.165) is 83.5 Å². The first-order chi connectivity index (χ1) is 30.0. The van der Waals surface area contributed by atoms with Crippen LogP contribution in [0.3, 0.4) is 0 Å². The summed E-state index contributed by atoms with van der Waals surface area (Å²) >= 11 is 0. The minimum absolute atomic E-state index is 0.0298. The van der Waals surface area contributed by atoms with Gasteiger partial charge < -0.3 is 20.3 Å². The molecule has 6 nitrogen and oxygen atoms in total. The lowest BCUT2D eigenvalue weighted by Gasteiger charge is -2.24. The van der Waals surface area contributed by atoms with E-state index in [4.69, 9.17) is 4.74 Å². The van der Waals surface area contributed by atoms with E-state index >= 15 is 0 Å². The number of hydrogen-bond donors (Lipinski definition) is 3. The summed E-state index contributed by atoms with van der Waals surface area (Å²) in [7, 11) is 0. The van der Waals surface area contributed by atoms with Crippen LogP contribution in [0.2, 0.25) is 0 Å². The number of allylic oxidation sites excluding steroid dienone is 16. The van der Waals surface area contributed by atoms with E-state index in [1.165, 1.54) is 83.5 Å². The normalized spacial score (nSPS) is 14.1. The molecule has 0 rings (SSSR count). The zero-order valence-electron chi connectivity index (χ0n) is 39.5. The number of esters is 1. The zero-order chi connectivity index (χ0) is 44.5. The Morgan fingerprint density at radius 3 is 1.34 bits per heavy atom. The molecular weight excluding hydrogens is 755 g/mol. The Morgan fingerprint density at radius 1 is 0.492 bits per heavy atom. The van der Waals surface area contributed by atoms with Gasteiger partial charge in [0.2, 0.25) is 5.91 Å². The number of nitrogens with one attached hydrogen (secondary N) is 1. The van der Waals surface area contributed by atoms with Gasteiger partial charge in [-0.3, -0.25) is 9.59 Å². The van der Waals surface area contributed by atoms with Gasteiger partial charge in [-0.2, -0.15) is 0 Å². The van der Waals surface area contributed by atoms with Crippen molar-refractivity contribution in [3.63, 3.8) is 0 Å². The predicted molar refractivity (Wildman–Crippen MR) is 264 cm³/mol. The summed E-state index contributed by atoms with van der Waals surface area (Å²) < 4.78 is 5.88. The van der Waals surface area contributed by atoms with Gasteiger partial charge in [0.15, 0.2) is 0 Å². The topological polar surface area (TPSA) is 95.9 Å². The van der Waals surface area contributed by atoms with Crippen LogP contribution >= 0.6 is 0 Å². The fourth-order valence-corrected chi connectivity index (χ4v) is 7.10. The highest BCUT2D eigenvalue weighted by Gasteiger charge is 2.24. The molecule has 0 saturated heterocycles. The molecule has 0 spiro atoms. The second-order valence-electron chi connectivity index (χ2n) is 16.6. The Morgan fingerprint density at radius 2 is 0.885 bits per heavy atom. The molecule has 61 heavy (non-hydrogen) atoms.